The summed E-state index contributed by atoms with van der Waals surface area (Å²) >= 11 is 0. The molecular formula is C17H20N2O5. The van der Waals surface area contributed by atoms with Crippen LogP contribution in [0.4, 0.5) is 0 Å². The van der Waals surface area contributed by atoms with E-state index in [4.69, 9.17) is 9.15 Å². The van der Waals surface area contributed by atoms with Crippen molar-refractivity contribution in [2.75, 3.05) is 13.2 Å². The molecule has 7 heteroatoms. The number of carbonyl (C=O) groups is 2. The van der Waals surface area contributed by atoms with E-state index in [1.165, 1.54) is 6.39 Å². The summed E-state index contributed by atoms with van der Waals surface area (Å²) in [7, 11) is 0. The number of carboxylic acids is 1. The van der Waals surface area contributed by atoms with Gasteiger partial charge in [0.2, 0.25) is 5.76 Å². The Morgan fingerprint density at radius 3 is 2.58 bits per heavy atom. The highest BCUT2D eigenvalue weighted by Crippen LogP contribution is 2.15. The molecule has 0 saturated carbocycles. The first-order chi connectivity index (χ1) is 11.5. The van der Waals surface area contributed by atoms with Gasteiger partial charge in [0.25, 0.3) is 5.91 Å². The van der Waals surface area contributed by atoms with Gasteiger partial charge in [0.05, 0.1) is 18.2 Å². The van der Waals surface area contributed by atoms with Crippen molar-refractivity contribution in [3.8, 4) is 5.75 Å². The molecule has 1 aromatic carbocycles. The largest absolute Gasteiger partial charge is 0.494 e. The first-order valence-corrected chi connectivity index (χ1v) is 7.64. The number of rotatable bonds is 8. The third kappa shape index (κ3) is 4.58. The van der Waals surface area contributed by atoms with Gasteiger partial charge in [0, 0.05) is 6.54 Å². The highest BCUT2D eigenvalue weighted by molar-refractivity contribution is 5.92. The smallest absolute Gasteiger partial charge is 0.308 e. The van der Waals surface area contributed by atoms with Crippen molar-refractivity contribution in [3.05, 3.63) is 47.7 Å². The van der Waals surface area contributed by atoms with Gasteiger partial charge in [0.15, 0.2) is 6.39 Å². The molecule has 0 bridgehead atoms. The lowest BCUT2D eigenvalue weighted by Gasteiger charge is -2.13. The van der Waals surface area contributed by atoms with Crippen LogP contribution in [-0.4, -0.2) is 35.1 Å². The number of ether oxygens (including phenoxy) is 1. The maximum Gasteiger partial charge on any atom is 0.308 e. The Hall–Kier alpha value is -2.83. The second-order valence-electron chi connectivity index (χ2n) is 5.29. The summed E-state index contributed by atoms with van der Waals surface area (Å²) in [5, 5.41) is 11.9. The van der Waals surface area contributed by atoms with Crippen molar-refractivity contribution < 1.29 is 23.8 Å². The number of oxazole rings is 1. The van der Waals surface area contributed by atoms with Crippen molar-refractivity contribution >= 4 is 11.9 Å². The fraction of sp³-hybridized carbons (Fsp3) is 0.353. The molecule has 1 aromatic heterocycles. The fourth-order valence-corrected chi connectivity index (χ4v) is 2.24. The number of aryl methyl sites for hydroxylation is 1. The Kier molecular flexibility index (Phi) is 5.95. The van der Waals surface area contributed by atoms with E-state index in [9.17, 15) is 14.7 Å². The Labute approximate surface area is 139 Å². The van der Waals surface area contributed by atoms with E-state index in [2.05, 4.69) is 10.3 Å². The molecule has 0 saturated heterocycles. The minimum absolute atomic E-state index is 0.00151. The molecule has 0 aliphatic heterocycles. The minimum atomic E-state index is -0.974. The predicted molar refractivity (Wildman–Crippen MR) is 86.0 cm³/mol. The Balaban J connectivity index is 1.95. The van der Waals surface area contributed by atoms with Crippen molar-refractivity contribution in [3.63, 3.8) is 0 Å². The molecule has 0 fully saturated rings. The summed E-state index contributed by atoms with van der Waals surface area (Å²) in [6.45, 7) is 4.12. The van der Waals surface area contributed by atoms with E-state index in [-0.39, 0.29) is 12.3 Å². The predicted octanol–water partition coefficient (Wildman–Crippen LogP) is 2.06. The maximum absolute atomic E-state index is 12.0. The molecule has 24 heavy (non-hydrogen) atoms. The molecule has 0 aliphatic rings. The summed E-state index contributed by atoms with van der Waals surface area (Å²) in [5.74, 6) is -1.35. The van der Waals surface area contributed by atoms with E-state index in [0.29, 0.717) is 18.7 Å². The van der Waals surface area contributed by atoms with Crippen molar-refractivity contribution in [2.45, 2.75) is 20.3 Å². The van der Waals surface area contributed by atoms with Gasteiger partial charge in [0.1, 0.15) is 5.75 Å². The first kappa shape index (κ1) is 17.5. The summed E-state index contributed by atoms with van der Waals surface area (Å²) in [6.07, 6.45) is 1.48. The summed E-state index contributed by atoms with van der Waals surface area (Å²) in [6, 6.07) is 7.25. The van der Waals surface area contributed by atoms with Crippen molar-refractivity contribution in [2.24, 2.45) is 5.92 Å². The molecule has 1 atom stereocenters. The molecule has 128 valence electrons. The number of carboxylic acid groups (broad SMARTS) is 1. The summed E-state index contributed by atoms with van der Waals surface area (Å²) < 4.78 is 10.3. The van der Waals surface area contributed by atoms with Gasteiger partial charge >= 0.3 is 5.97 Å². The molecule has 7 nitrogen and oxygen atoms in total. The molecule has 2 rings (SSSR count). The lowest BCUT2D eigenvalue weighted by atomic mass is 9.99. The third-order valence-electron chi connectivity index (χ3n) is 3.53. The highest BCUT2D eigenvalue weighted by Gasteiger charge is 2.21. The van der Waals surface area contributed by atoms with Crippen LogP contribution in [0.3, 0.4) is 0 Å². The molecule has 2 aromatic rings. The van der Waals surface area contributed by atoms with E-state index in [1.54, 1.807) is 19.1 Å². The van der Waals surface area contributed by atoms with E-state index in [1.807, 2.05) is 19.1 Å². The van der Waals surface area contributed by atoms with Crippen LogP contribution < -0.4 is 10.1 Å². The maximum atomic E-state index is 12.0. The van der Waals surface area contributed by atoms with Crippen LogP contribution in [0.1, 0.15) is 28.7 Å². The lowest BCUT2D eigenvalue weighted by molar-refractivity contribution is -0.141. The molecule has 2 N–H and O–H groups in total. The normalized spacial score (nSPS) is 11.8. The Bertz CT molecular complexity index is 693. The lowest BCUT2D eigenvalue weighted by Crippen LogP contribution is -2.34. The number of hydrogen-bond donors (Lipinski definition) is 2. The number of carbonyl (C=O) groups excluding carboxylic acids is 1. The van der Waals surface area contributed by atoms with E-state index < -0.39 is 17.8 Å². The van der Waals surface area contributed by atoms with Gasteiger partial charge < -0.3 is 19.6 Å². The van der Waals surface area contributed by atoms with Gasteiger partial charge in [-0.25, -0.2) is 4.98 Å². The number of nitrogens with one attached hydrogen (secondary N) is 1. The fourth-order valence-electron chi connectivity index (χ4n) is 2.24. The average Bonchev–Trinajstić information content (AvgIpc) is 2.99. The molecule has 0 radical (unpaired) electrons. The average molecular weight is 332 g/mol. The van der Waals surface area contributed by atoms with Crippen LogP contribution in [0.25, 0.3) is 0 Å². The van der Waals surface area contributed by atoms with Gasteiger partial charge in [-0.2, -0.15) is 0 Å². The zero-order valence-corrected chi connectivity index (χ0v) is 13.6. The minimum Gasteiger partial charge on any atom is -0.494 e. The number of aromatic nitrogens is 1. The summed E-state index contributed by atoms with van der Waals surface area (Å²) in [5.41, 5.74) is 1.32. The Morgan fingerprint density at radius 1 is 1.33 bits per heavy atom. The monoisotopic (exact) mass is 332 g/mol. The molecule has 0 aliphatic carbocycles. The van der Waals surface area contributed by atoms with Crippen molar-refractivity contribution in [1.82, 2.24) is 10.3 Å². The van der Waals surface area contributed by atoms with Gasteiger partial charge in [-0.15, -0.1) is 0 Å². The third-order valence-corrected chi connectivity index (χ3v) is 3.53. The molecular weight excluding hydrogens is 312 g/mol. The van der Waals surface area contributed by atoms with Gasteiger partial charge in [-0.1, -0.05) is 12.1 Å². The van der Waals surface area contributed by atoms with E-state index >= 15 is 0 Å². The molecule has 0 spiro atoms. The second kappa shape index (κ2) is 8.14. The van der Waals surface area contributed by atoms with Crippen LogP contribution in [0.2, 0.25) is 0 Å². The Morgan fingerprint density at radius 2 is 2.04 bits per heavy atom. The van der Waals surface area contributed by atoms with Crippen LogP contribution in [-0.2, 0) is 11.2 Å². The summed E-state index contributed by atoms with van der Waals surface area (Å²) in [4.78, 5) is 27.2. The molecule has 1 unspecified atom stereocenters. The number of benzene rings is 1. The van der Waals surface area contributed by atoms with Crippen molar-refractivity contribution in [1.29, 1.82) is 0 Å². The van der Waals surface area contributed by atoms with Crippen LogP contribution in [0.5, 0.6) is 5.75 Å². The number of amides is 1. The SMILES string of the molecule is CCOc1ccc(CC(CNC(=O)c2ocnc2C)C(=O)O)cc1. The van der Waals surface area contributed by atoms with Gasteiger partial charge in [-0.3, -0.25) is 9.59 Å². The highest BCUT2D eigenvalue weighted by atomic mass is 16.5. The second-order valence-corrected chi connectivity index (χ2v) is 5.29. The topological polar surface area (TPSA) is 102 Å². The molecule has 1 heterocycles. The zero-order valence-electron chi connectivity index (χ0n) is 13.6. The standard InChI is InChI=1S/C17H20N2O5/c1-3-23-14-6-4-12(5-7-14)8-13(17(21)22)9-18-16(20)15-11(2)19-10-24-15/h4-7,10,13H,3,8-9H2,1-2H3,(H,18,20)(H,21,22). The molecule has 1 amide bonds. The van der Waals surface area contributed by atoms with Crippen LogP contribution in [0.15, 0.2) is 35.1 Å². The van der Waals surface area contributed by atoms with E-state index in [0.717, 1.165) is 11.3 Å². The zero-order chi connectivity index (χ0) is 17.5. The van der Waals surface area contributed by atoms with Crippen LogP contribution in [0, 0.1) is 12.8 Å². The first-order valence-electron chi connectivity index (χ1n) is 7.64. The number of hydrogen-bond acceptors (Lipinski definition) is 5. The number of nitrogens with zero attached hydrogens (tertiary/aromatic N) is 1. The van der Waals surface area contributed by atoms with Gasteiger partial charge in [-0.05, 0) is 38.0 Å². The van der Waals surface area contributed by atoms with Crippen LogP contribution >= 0.6 is 0 Å². The number of aliphatic carboxylic acids is 1. The quantitative estimate of drug-likeness (QED) is 0.767.